The van der Waals surface area contributed by atoms with Gasteiger partial charge in [0.1, 0.15) is 0 Å². The van der Waals surface area contributed by atoms with Crippen LogP contribution >= 0.6 is 0 Å². The molecule has 31 heavy (non-hydrogen) atoms. The molecule has 0 spiro atoms. The summed E-state index contributed by atoms with van der Waals surface area (Å²) in [6.45, 7) is 8.66. The fourth-order valence-electron chi connectivity index (χ4n) is 4.24. The van der Waals surface area contributed by atoms with Crippen molar-refractivity contribution in [3.05, 3.63) is 29.8 Å². The van der Waals surface area contributed by atoms with Crippen LogP contribution in [0.1, 0.15) is 51.0 Å². The first-order chi connectivity index (χ1) is 15.0. The Balaban J connectivity index is 1.40. The Bertz CT molecular complexity index is 796. The van der Waals surface area contributed by atoms with Gasteiger partial charge in [0, 0.05) is 33.2 Å². The number of hydrogen-bond acceptors (Lipinski definition) is 4. The van der Waals surface area contributed by atoms with Gasteiger partial charge in [0.05, 0.1) is 4.90 Å². The third-order valence-corrected chi connectivity index (χ3v) is 8.29. The molecule has 2 heterocycles. The lowest BCUT2D eigenvalue weighted by Gasteiger charge is -2.30. The average molecular weight is 450 g/mol. The number of piperidine rings is 2. The summed E-state index contributed by atoms with van der Waals surface area (Å²) in [5, 5.41) is 6.69. The van der Waals surface area contributed by atoms with Gasteiger partial charge in [0.15, 0.2) is 5.96 Å². The van der Waals surface area contributed by atoms with Crippen LogP contribution in [0.4, 0.5) is 0 Å². The highest BCUT2D eigenvalue weighted by Crippen LogP contribution is 2.21. The number of sulfonamides is 1. The highest BCUT2D eigenvalue weighted by atomic mass is 32.2. The Morgan fingerprint density at radius 1 is 1.03 bits per heavy atom. The maximum absolute atomic E-state index is 12.8. The molecule has 0 radical (unpaired) electrons. The minimum absolute atomic E-state index is 0.382. The summed E-state index contributed by atoms with van der Waals surface area (Å²) in [6.07, 6.45) is 6.74. The fourth-order valence-corrected chi connectivity index (χ4v) is 5.75. The van der Waals surface area contributed by atoms with Crippen LogP contribution < -0.4 is 10.6 Å². The summed E-state index contributed by atoms with van der Waals surface area (Å²) in [7, 11) is -1.60. The van der Waals surface area contributed by atoms with Crippen LogP contribution in [0, 0.1) is 5.92 Å². The van der Waals surface area contributed by atoms with Crippen LogP contribution in [0.15, 0.2) is 34.2 Å². The van der Waals surface area contributed by atoms with Crippen LogP contribution in [0.2, 0.25) is 0 Å². The van der Waals surface area contributed by atoms with Gasteiger partial charge in [0.25, 0.3) is 0 Å². The third-order valence-electron chi connectivity index (χ3n) is 6.38. The SMILES string of the molecule is CN=C(NCCCN1CCC(C)CC1)NCc1ccc(S(=O)(=O)N2CCCCC2)cc1. The van der Waals surface area contributed by atoms with Gasteiger partial charge in [-0.2, -0.15) is 4.31 Å². The van der Waals surface area contributed by atoms with Crippen molar-refractivity contribution in [3.63, 3.8) is 0 Å². The molecule has 0 amide bonds. The normalized spacial score (nSPS) is 20.0. The van der Waals surface area contributed by atoms with Gasteiger partial charge in [-0.3, -0.25) is 4.99 Å². The number of nitrogens with zero attached hydrogens (tertiary/aromatic N) is 3. The number of benzene rings is 1. The summed E-state index contributed by atoms with van der Waals surface area (Å²) >= 11 is 0. The van der Waals surface area contributed by atoms with E-state index < -0.39 is 10.0 Å². The van der Waals surface area contributed by atoms with Gasteiger partial charge < -0.3 is 15.5 Å². The fraction of sp³-hybridized carbons (Fsp3) is 0.696. The van der Waals surface area contributed by atoms with Crippen LogP contribution in [-0.4, -0.2) is 69.9 Å². The van der Waals surface area contributed by atoms with Crippen molar-refractivity contribution in [1.29, 1.82) is 0 Å². The number of rotatable bonds is 8. The van der Waals surface area contributed by atoms with Gasteiger partial charge in [0.2, 0.25) is 10.0 Å². The van der Waals surface area contributed by atoms with Crippen molar-refractivity contribution in [3.8, 4) is 0 Å². The molecule has 1 aromatic rings. The second-order valence-electron chi connectivity index (χ2n) is 8.84. The van der Waals surface area contributed by atoms with E-state index in [9.17, 15) is 8.42 Å². The minimum Gasteiger partial charge on any atom is -0.356 e. The molecule has 2 fully saturated rings. The molecule has 0 bridgehead atoms. The lowest BCUT2D eigenvalue weighted by atomic mass is 9.99. The van der Waals surface area contributed by atoms with Crippen molar-refractivity contribution < 1.29 is 8.42 Å². The molecule has 2 N–H and O–H groups in total. The Morgan fingerprint density at radius 2 is 1.71 bits per heavy atom. The average Bonchev–Trinajstić information content (AvgIpc) is 2.80. The van der Waals surface area contributed by atoms with Crippen molar-refractivity contribution in [2.24, 2.45) is 10.9 Å². The summed E-state index contributed by atoms with van der Waals surface area (Å²) in [6, 6.07) is 7.20. The highest BCUT2D eigenvalue weighted by Gasteiger charge is 2.25. The lowest BCUT2D eigenvalue weighted by molar-refractivity contribution is 0.191. The van der Waals surface area contributed by atoms with E-state index in [0.29, 0.717) is 24.5 Å². The van der Waals surface area contributed by atoms with Gasteiger partial charge in [-0.15, -0.1) is 0 Å². The van der Waals surface area contributed by atoms with Crippen molar-refractivity contribution >= 4 is 16.0 Å². The van der Waals surface area contributed by atoms with E-state index in [-0.39, 0.29) is 0 Å². The van der Waals surface area contributed by atoms with Gasteiger partial charge in [-0.25, -0.2) is 8.42 Å². The zero-order valence-corrected chi connectivity index (χ0v) is 20.0. The van der Waals surface area contributed by atoms with E-state index in [1.807, 2.05) is 12.1 Å². The lowest BCUT2D eigenvalue weighted by Crippen LogP contribution is -2.39. The van der Waals surface area contributed by atoms with Crippen molar-refractivity contribution in [1.82, 2.24) is 19.8 Å². The molecule has 2 aliphatic rings. The number of hydrogen-bond donors (Lipinski definition) is 2. The van der Waals surface area contributed by atoms with Crippen molar-refractivity contribution in [2.45, 2.75) is 56.9 Å². The number of guanidine groups is 1. The van der Waals surface area contributed by atoms with E-state index in [1.54, 1.807) is 23.5 Å². The Labute approximate surface area is 188 Å². The summed E-state index contributed by atoms with van der Waals surface area (Å²) in [4.78, 5) is 7.23. The second-order valence-corrected chi connectivity index (χ2v) is 10.8. The predicted octanol–water partition coefficient (Wildman–Crippen LogP) is 2.65. The van der Waals surface area contributed by atoms with E-state index in [2.05, 4.69) is 27.4 Å². The summed E-state index contributed by atoms with van der Waals surface area (Å²) in [5.41, 5.74) is 1.03. The van der Waals surface area contributed by atoms with Crippen LogP contribution in [0.25, 0.3) is 0 Å². The first kappa shape index (κ1) is 24.0. The molecular weight excluding hydrogens is 410 g/mol. The van der Waals surface area contributed by atoms with Gasteiger partial charge in [-0.1, -0.05) is 25.5 Å². The maximum atomic E-state index is 12.8. The molecule has 7 nitrogen and oxygen atoms in total. The molecular formula is C23H39N5O2S. The highest BCUT2D eigenvalue weighted by molar-refractivity contribution is 7.89. The Kier molecular flexibility index (Phi) is 9.16. The van der Waals surface area contributed by atoms with Crippen molar-refractivity contribution in [2.75, 3.05) is 46.3 Å². The smallest absolute Gasteiger partial charge is 0.243 e. The van der Waals surface area contributed by atoms with Gasteiger partial charge >= 0.3 is 0 Å². The largest absolute Gasteiger partial charge is 0.356 e. The summed E-state index contributed by atoms with van der Waals surface area (Å²) < 4.78 is 27.1. The Morgan fingerprint density at radius 3 is 2.35 bits per heavy atom. The molecule has 1 aromatic carbocycles. The molecule has 0 unspecified atom stereocenters. The topological polar surface area (TPSA) is 77.0 Å². The van der Waals surface area contributed by atoms with Crippen LogP contribution in [0.3, 0.4) is 0 Å². The second kappa shape index (κ2) is 11.8. The molecule has 3 rings (SSSR count). The predicted molar refractivity (Wildman–Crippen MR) is 127 cm³/mol. The molecule has 2 saturated heterocycles. The Hall–Kier alpha value is -1.64. The zero-order chi connectivity index (χ0) is 22.1. The standard InChI is InChI=1S/C23H39N5O2S/c1-20-11-17-27(18-12-20)14-6-13-25-23(24-2)26-19-21-7-9-22(10-8-21)31(29,30)28-15-4-3-5-16-28/h7-10,20H,3-6,11-19H2,1-2H3,(H2,24,25,26). The van der Waals surface area contributed by atoms with E-state index in [1.165, 1.54) is 25.9 Å². The maximum Gasteiger partial charge on any atom is 0.243 e. The first-order valence-electron chi connectivity index (χ1n) is 11.7. The molecule has 174 valence electrons. The van der Waals surface area contributed by atoms with Crippen LogP contribution in [-0.2, 0) is 16.6 Å². The van der Waals surface area contributed by atoms with E-state index in [4.69, 9.17) is 0 Å². The molecule has 2 aliphatic heterocycles. The first-order valence-corrected chi connectivity index (χ1v) is 13.2. The quantitative estimate of drug-likeness (QED) is 0.362. The number of nitrogens with one attached hydrogen (secondary N) is 2. The minimum atomic E-state index is -3.37. The van der Waals surface area contributed by atoms with E-state index in [0.717, 1.165) is 56.2 Å². The molecule has 8 heteroatoms. The number of likely N-dealkylation sites (tertiary alicyclic amines) is 1. The summed E-state index contributed by atoms with van der Waals surface area (Å²) in [5.74, 6) is 1.65. The molecule has 0 aromatic heterocycles. The zero-order valence-electron chi connectivity index (χ0n) is 19.1. The number of aliphatic imine (C=N–C) groups is 1. The molecule has 0 saturated carbocycles. The monoisotopic (exact) mass is 449 g/mol. The molecule has 0 atom stereocenters. The van der Waals surface area contributed by atoms with Gasteiger partial charge in [-0.05, 0) is 75.4 Å². The third kappa shape index (κ3) is 7.19. The molecule has 0 aliphatic carbocycles. The van der Waals surface area contributed by atoms with E-state index >= 15 is 0 Å². The van der Waals surface area contributed by atoms with Crippen LogP contribution in [0.5, 0.6) is 0 Å².